The zero-order chi connectivity index (χ0) is 18.2. The van der Waals surface area contributed by atoms with Crippen LogP contribution in [0.1, 0.15) is 16.1 Å². The van der Waals surface area contributed by atoms with Crippen LogP contribution < -0.4 is 15.5 Å². The van der Waals surface area contributed by atoms with Gasteiger partial charge in [-0.15, -0.1) is 0 Å². The number of nitro groups is 1. The summed E-state index contributed by atoms with van der Waals surface area (Å²) < 4.78 is 9.76. The highest BCUT2D eigenvalue weighted by Crippen LogP contribution is 2.26. The van der Waals surface area contributed by atoms with Gasteiger partial charge in [-0.1, -0.05) is 0 Å². The molecule has 2 N–H and O–H groups in total. The molecular formula is C15H14N4O6. The molecule has 25 heavy (non-hydrogen) atoms. The van der Waals surface area contributed by atoms with Crippen LogP contribution in [-0.2, 0) is 4.79 Å². The van der Waals surface area contributed by atoms with Gasteiger partial charge in [-0.05, 0) is 24.3 Å². The smallest absolute Gasteiger partial charge is 0.311 e. The summed E-state index contributed by atoms with van der Waals surface area (Å²) in [5, 5.41) is 16.9. The molecule has 0 saturated carbocycles. The van der Waals surface area contributed by atoms with Gasteiger partial charge in [0.1, 0.15) is 0 Å². The average molecular weight is 346 g/mol. The van der Waals surface area contributed by atoms with Gasteiger partial charge in [0.2, 0.25) is 0 Å². The number of ether oxygens (including phenoxy) is 1. The van der Waals surface area contributed by atoms with Gasteiger partial charge >= 0.3 is 5.69 Å². The third-order valence-electron chi connectivity index (χ3n) is 2.96. The number of nitrogens with one attached hydrogen (secondary N) is 2. The first-order chi connectivity index (χ1) is 12.0. The number of hydrogen-bond acceptors (Lipinski definition) is 7. The van der Waals surface area contributed by atoms with E-state index in [1.54, 1.807) is 12.1 Å². The fourth-order valence-electron chi connectivity index (χ4n) is 1.80. The fourth-order valence-corrected chi connectivity index (χ4v) is 1.80. The zero-order valence-electron chi connectivity index (χ0n) is 13.1. The molecule has 0 spiro atoms. The molecule has 2 aromatic rings. The maximum Gasteiger partial charge on any atom is 0.311 e. The first-order valence-electron chi connectivity index (χ1n) is 6.97. The molecule has 1 aromatic carbocycles. The van der Waals surface area contributed by atoms with E-state index in [4.69, 9.17) is 9.15 Å². The van der Waals surface area contributed by atoms with E-state index in [9.17, 15) is 19.7 Å². The van der Waals surface area contributed by atoms with Crippen molar-refractivity contribution in [3.05, 3.63) is 58.0 Å². The summed E-state index contributed by atoms with van der Waals surface area (Å²) >= 11 is 0. The van der Waals surface area contributed by atoms with Crippen LogP contribution in [0.5, 0.6) is 5.75 Å². The normalized spacial score (nSPS) is 10.4. The van der Waals surface area contributed by atoms with Crippen LogP contribution in [0.2, 0.25) is 0 Å². The van der Waals surface area contributed by atoms with Gasteiger partial charge in [0.15, 0.2) is 11.5 Å². The minimum absolute atomic E-state index is 0.0850. The number of benzene rings is 1. The maximum atomic E-state index is 11.6. The SMILES string of the molecule is COc1ccc(/C=N\NC(=O)CNC(=O)c2ccco2)cc1[N+](=O)[O-]. The minimum Gasteiger partial charge on any atom is -0.490 e. The topological polar surface area (TPSA) is 136 Å². The Balaban J connectivity index is 1.88. The summed E-state index contributed by atoms with van der Waals surface area (Å²) in [5.74, 6) is -0.900. The van der Waals surface area contributed by atoms with E-state index in [0.29, 0.717) is 5.56 Å². The molecule has 0 atom stereocenters. The van der Waals surface area contributed by atoms with Gasteiger partial charge in [-0.3, -0.25) is 19.7 Å². The Morgan fingerprint density at radius 3 is 2.84 bits per heavy atom. The molecule has 0 unspecified atom stereocenters. The van der Waals surface area contributed by atoms with Crippen LogP contribution >= 0.6 is 0 Å². The first kappa shape index (κ1) is 17.7. The zero-order valence-corrected chi connectivity index (χ0v) is 13.1. The molecule has 1 aromatic heterocycles. The van der Waals surface area contributed by atoms with Crippen molar-refractivity contribution in [3.8, 4) is 5.75 Å². The molecule has 10 nitrogen and oxygen atoms in total. The predicted octanol–water partition coefficient (Wildman–Crippen LogP) is 1.08. The van der Waals surface area contributed by atoms with Gasteiger partial charge in [0.05, 0.1) is 31.1 Å². The molecule has 0 aliphatic carbocycles. The number of hydrogen-bond donors (Lipinski definition) is 2. The van der Waals surface area contributed by atoms with E-state index < -0.39 is 16.7 Å². The number of nitro benzene ring substituents is 1. The van der Waals surface area contributed by atoms with E-state index in [-0.39, 0.29) is 23.7 Å². The van der Waals surface area contributed by atoms with Crippen LogP contribution in [0, 0.1) is 10.1 Å². The Hall–Kier alpha value is -3.69. The number of carbonyl (C=O) groups is 2. The van der Waals surface area contributed by atoms with Crippen LogP contribution in [0.4, 0.5) is 5.69 Å². The predicted molar refractivity (Wildman–Crippen MR) is 86.4 cm³/mol. The summed E-state index contributed by atoms with van der Waals surface area (Å²) in [6.45, 7) is -0.306. The van der Waals surface area contributed by atoms with Gasteiger partial charge in [-0.2, -0.15) is 5.10 Å². The average Bonchev–Trinajstić information content (AvgIpc) is 3.14. The Kier molecular flexibility index (Phi) is 5.82. The molecule has 0 fully saturated rings. The molecule has 0 aliphatic rings. The standard InChI is InChI=1S/C15H14N4O6/c1-24-12-5-4-10(7-11(12)19(22)23)8-17-18-14(20)9-16-15(21)13-3-2-6-25-13/h2-8H,9H2,1H3,(H,16,21)(H,18,20)/b17-8-. The Labute approximate surface area is 141 Å². The second-order valence-corrected chi connectivity index (χ2v) is 4.64. The van der Waals surface area contributed by atoms with E-state index >= 15 is 0 Å². The van der Waals surface area contributed by atoms with Gasteiger partial charge < -0.3 is 14.5 Å². The van der Waals surface area contributed by atoms with E-state index in [1.165, 1.54) is 37.8 Å². The molecular weight excluding hydrogens is 332 g/mol. The number of nitrogens with zero attached hydrogens (tertiary/aromatic N) is 2. The molecule has 0 aliphatic heterocycles. The third kappa shape index (κ3) is 4.89. The van der Waals surface area contributed by atoms with Crippen molar-refractivity contribution in [3.63, 3.8) is 0 Å². The second kappa shape index (κ2) is 8.24. The second-order valence-electron chi connectivity index (χ2n) is 4.64. The van der Waals surface area contributed by atoms with Crippen LogP contribution in [-0.4, -0.2) is 36.6 Å². The highest BCUT2D eigenvalue weighted by molar-refractivity contribution is 5.94. The minimum atomic E-state index is -0.584. The Morgan fingerprint density at radius 2 is 2.20 bits per heavy atom. The number of carbonyl (C=O) groups excluding carboxylic acids is 2. The van der Waals surface area contributed by atoms with Crippen molar-refractivity contribution in [2.45, 2.75) is 0 Å². The van der Waals surface area contributed by atoms with E-state index in [1.807, 2.05) is 0 Å². The van der Waals surface area contributed by atoms with Crippen molar-refractivity contribution in [2.75, 3.05) is 13.7 Å². The highest BCUT2D eigenvalue weighted by Gasteiger charge is 2.14. The number of hydrazone groups is 1. The molecule has 130 valence electrons. The summed E-state index contributed by atoms with van der Waals surface area (Å²) in [6.07, 6.45) is 2.58. The Morgan fingerprint density at radius 1 is 1.40 bits per heavy atom. The van der Waals surface area contributed by atoms with E-state index in [2.05, 4.69) is 15.8 Å². The summed E-state index contributed by atoms with van der Waals surface area (Å²) in [4.78, 5) is 33.5. The largest absolute Gasteiger partial charge is 0.490 e. The summed E-state index contributed by atoms with van der Waals surface area (Å²) in [6, 6.07) is 7.23. The van der Waals surface area contributed by atoms with Crippen molar-refractivity contribution >= 4 is 23.7 Å². The lowest BCUT2D eigenvalue weighted by Gasteiger charge is -2.03. The molecule has 1 heterocycles. The number of rotatable bonds is 7. The number of furan rings is 1. The van der Waals surface area contributed by atoms with Crippen molar-refractivity contribution in [1.29, 1.82) is 0 Å². The maximum absolute atomic E-state index is 11.6. The third-order valence-corrected chi connectivity index (χ3v) is 2.96. The monoisotopic (exact) mass is 346 g/mol. The summed E-state index contributed by atoms with van der Waals surface area (Å²) in [7, 11) is 1.33. The first-order valence-corrected chi connectivity index (χ1v) is 6.97. The van der Waals surface area contributed by atoms with Crippen molar-refractivity contribution in [2.24, 2.45) is 5.10 Å². The van der Waals surface area contributed by atoms with Crippen molar-refractivity contribution < 1.29 is 23.7 Å². The lowest BCUT2D eigenvalue weighted by molar-refractivity contribution is -0.385. The number of methoxy groups -OCH3 is 1. The molecule has 10 heteroatoms. The molecule has 0 bridgehead atoms. The summed E-state index contributed by atoms with van der Waals surface area (Å²) in [5.41, 5.74) is 2.37. The number of amides is 2. The molecule has 0 saturated heterocycles. The van der Waals surface area contributed by atoms with E-state index in [0.717, 1.165) is 0 Å². The van der Waals surface area contributed by atoms with Crippen LogP contribution in [0.3, 0.4) is 0 Å². The fraction of sp³-hybridized carbons (Fsp3) is 0.133. The highest BCUT2D eigenvalue weighted by atomic mass is 16.6. The van der Waals surface area contributed by atoms with Gasteiger partial charge in [-0.25, -0.2) is 5.43 Å². The molecule has 0 radical (unpaired) electrons. The van der Waals surface area contributed by atoms with Crippen LogP contribution in [0.25, 0.3) is 0 Å². The Bertz CT molecular complexity index is 800. The van der Waals surface area contributed by atoms with Gasteiger partial charge in [0, 0.05) is 11.6 Å². The molecule has 2 amide bonds. The lowest BCUT2D eigenvalue weighted by Crippen LogP contribution is -2.34. The molecule has 2 rings (SSSR count). The quantitative estimate of drug-likeness (QED) is 0.437. The lowest BCUT2D eigenvalue weighted by atomic mass is 10.2. The van der Waals surface area contributed by atoms with Crippen molar-refractivity contribution in [1.82, 2.24) is 10.7 Å². The van der Waals surface area contributed by atoms with Crippen LogP contribution in [0.15, 0.2) is 46.1 Å². The van der Waals surface area contributed by atoms with Gasteiger partial charge in [0.25, 0.3) is 11.8 Å².